The third-order valence-electron chi connectivity index (χ3n) is 1.85. The van der Waals surface area contributed by atoms with E-state index < -0.39 is 0 Å². The Bertz CT molecular complexity index is 257. The fraction of sp³-hybridized carbons (Fsp3) is 0.667. The molecule has 0 saturated heterocycles. The maximum atomic E-state index is 5.45. The van der Waals surface area contributed by atoms with Crippen LogP contribution in [0.3, 0.4) is 0 Å². The van der Waals surface area contributed by atoms with Gasteiger partial charge in [0.2, 0.25) is 5.88 Å². The summed E-state index contributed by atoms with van der Waals surface area (Å²) in [6.07, 6.45) is 2.09. The minimum atomic E-state index is 0.587. The largest absolute Gasteiger partial charge is 0.481 e. The predicted octanol–water partition coefficient (Wildman–Crippen LogP) is 0.803. The molecule has 13 heavy (non-hydrogen) atoms. The first kappa shape index (κ1) is 10.1. The number of rotatable bonds is 5. The molecule has 2 N–H and O–H groups in total. The molecule has 0 aliphatic carbocycles. The van der Waals surface area contributed by atoms with Gasteiger partial charge in [0.1, 0.15) is 0 Å². The van der Waals surface area contributed by atoms with Crippen LogP contribution in [0.2, 0.25) is 0 Å². The van der Waals surface area contributed by atoms with Gasteiger partial charge in [0.25, 0.3) is 0 Å². The highest BCUT2D eigenvalue weighted by molar-refractivity contribution is 5.16. The molecule has 1 heterocycles. The Morgan fingerprint density at radius 2 is 2.38 bits per heavy atom. The van der Waals surface area contributed by atoms with Crippen LogP contribution >= 0.6 is 0 Å². The van der Waals surface area contributed by atoms with Gasteiger partial charge >= 0.3 is 0 Å². The van der Waals surface area contributed by atoms with Crippen molar-refractivity contribution in [3.05, 3.63) is 11.8 Å². The van der Waals surface area contributed by atoms with E-state index >= 15 is 0 Å². The van der Waals surface area contributed by atoms with E-state index in [4.69, 9.17) is 10.5 Å². The Balaban J connectivity index is 2.77. The van der Waals surface area contributed by atoms with Crippen molar-refractivity contribution in [3.63, 3.8) is 0 Å². The summed E-state index contributed by atoms with van der Waals surface area (Å²) in [5.74, 6) is 0.800. The molecule has 0 spiro atoms. The zero-order valence-corrected chi connectivity index (χ0v) is 8.29. The van der Waals surface area contributed by atoms with Gasteiger partial charge in [0.05, 0.1) is 19.3 Å². The summed E-state index contributed by atoms with van der Waals surface area (Å²) in [7, 11) is 1.65. The number of nitrogens with zero attached hydrogens (tertiary/aromatic N) is 2. The first-order chi connectivity index (χ1) is 6.31. The van der Waals surface area contributed by atoms with Gasteiger partial charge in [-0.05, 0) is 6.42 Å². The van der Waals surface area contributed by atoms with Gasteiger partial charge in [-0.15, -0.1) is 0 Å². The summed E-state index contributed by atoms with van der Waals surface area (Å²) in [5, 5.41) is 4.37. The fourth-order valence-electron chi connectivity index (χ4n) is 1.28. The molecule has 0 amide bonds. The van der Waals surface area contributed by atoms with E-state index in [0.29, 0.717) is 13.1 Å². The molecule has 0 fully saturated rings. The number of aromatic nitrogens is 2. The number of ether oxygens (including phenoxy) is 1. The third-order valence-corrected chi connectivity index (χ3v) is 1.85. The molecule has 74 valence electrons. The SMILES string of the molecule is CCCc1cc(OC)n(CCN)n1. The van der Waals surface area contributed by atoms with Crippen LogP contribution in [0.15, 0.2) is 6.07 Å². The topological polar surface area (TPSA) is 53.1 Å². The monoisotopic (exact) mass is 183 g/mol. The van der Waals surface area contributed by atoms with Gasteiger partial charge in [-0.3, -0.25) is 0 Å². The Hall–Kier alpha value is -1.03. The van der Waals surface area contributed by atoms with E-state index in [1.807, 2.05) is 10.7 Å². The quantitative estimate of drug-likeness (QED) is 0.734. The zero-order chi connectivity index (χ0) is 9.68. The average molecular weight is 183 g/mol. The van der Waals surface area contributed by atoms with Gasteiger partial charge in [0, 0.05) is 12.6 Å². The lowest BCUT2D eigenvalue weighted by Gasteiger charge is -2.02. The average Bonchev–Trinajstić information content (AvgIpc) is 2.49. The Morgan fingerprint density at radius 1 is 1.62 bits per heavy atom. The van der Waals surface area contributed by atoms with E-state index in [2.05, 4.69) is 12.0 Å². The van der Waals surface area contributed by atoms with Crippen molar-refractivity contribution in [2.45, 2.75) is 26.3 Å². The summed E-state index contributed by atoms with van der Waals surface area (Å²) in [4.78, 5) is 0. The van der Waals surface area contributed by atoms with Crippen molar-refractivity contribution in [1.82, 2.24) is 9.78 Å². The summed E-state index contributed by atoms with van der Waals surface area (Å²) in [6.45, 7) is 3.44. The summed E-state index contributed by atoms with van der Waals surface area (Å²) in [5.41, 5.74) is 6.53. The Kier molecular flexibility index (Phi) is 3.76. The molecular weight excluding hydrogens is 166 g/mol. The van der Waals surface area contributed by atoms with Crippen LogP contribution in [0.1, 0.15) is 19.0 Å². The molecule has 0 unspecified atom stereocenters. The van der Waals surface area contributed by atoms with E-state index in [-0.39, 0.29) is 0 Å². The van der Waals surface area contributed by atoms with Crippen LogP contribution in [0.4, 0.5) is 0 Å². The summed E-state index contributed by atoms with van der Waals surface area (Å²) in [6, 6.07) is 1.97. The van der Waals surface area contributed by atoms with Crippen LogP contribution in [0, 0.1) is 0 Å². The van der Waals surface area contributed by atoms with Gasteiger partial charge in [-0.2, -0.15) is 5.10 Å². The van der Waals surface area contributed by atoms with Crippen molar-refractivity contribution < 1.29 is 4.74 Å². The molecule has 0 bridgehead atoms. The van der Waals surface area contributed by atoms with E-state index in [1.165, 1.54) is 0 Å². The van der Waals surface area contributed by atoms with Crippen LogP contribution in [-0.2, 0) is 13.0 Å². The number of nitrogens with two attached hydrogens (primary N) is 1. The number of aryl methyl sites for hydroxylation is 1. The lowest BCUT2D eigenvalue weighted by molar-refractivity contribution is 0.361. The fourth-order valence-corrected chi connectivity index (χ4v) is 1.28. The third kappa shape index (κ3) is 2.45. The molecule has 0 aliphatic rings. The maximum Gasteiger partial charge on any atom is 0.211 e. The summed E-state index contributed by atoms with van der Waals surface area (Å²) >= 11 is 0. The normalized spacial score (nSPS) is 10.4. The molecule has 0 atom stereocenters. The lowest BCUT2D eigenvalue weighted by atomic mass is 10.3. The van der Waals surface area contributed by atoms with E-state index in [0.717, 1.165) is 24.4 Å². The Morgan fingerprint density at radius 3 is 2.92 bits per heavy atom. The standard InChI is InChI=1S/C9H17N3O/c1-3-4-8-7-9(13-2)12(11-8)6-5-10/h7H,3-6,10H2,1-2H3. The van der Waals surface area contributed by atoms with Gasteiger partial charge < -0.3 is 10.5 Å². The molecule has 0 aliphatic heterocycles. The van der Waals surface area contributed by atoms with Crippen LogP contribution in [0.5, 0.6) is 5.88 Å². The van der Waals surface area contributed by atoms with Gasteiger partial charge in [0.15, 0.2) is 0 Å². The minimum Gasteiger partial charge on any atom is -0.481 e. The van der Waals surface area contributed by atoms with Gasteiger partial charge in [-0.25, -0.2) is 4.68 Å². The van der Waals surface area contributed by atoms with Crippen LogP contribution < -0.4 is 10.5 Å². The van der Waals surface area contributed by atoms with Crippen molar-refractivity contribution in [3.8, 4) is 5.88 Å². The molecule has 0 radical (unpaired) electrons. The van der Waals surface area contributed by atoms with Crippen LogP contribution in [0.25, 0.3) is 0 Å². The molecule has 1 aromatic heterocycles. The molecular formula is C9H17N3O. The molecule has 0 saturated carbocycles. The second-order valence-electron chi connectivity index (χ2n) is 2.94. The van der Waals surface area contributed by atoms with E-state index in [1.54, 1.807) is 7.11 Å². The zero-order valence-electron chi connectivity index (χ0n) is 8.29. The maximum absolute atomic E-state index is 5.45. The molecule has 1 aromatic rings. The first-order valence-electron chi connectivity index (χ1n) is 4.62. The van der Waals surface area contributed by atoms with Crippen molar-refractivity contribution in [1.29, 1.82) is 0 Å². The second kappa shape index (κ2) is 4.87. The van der Waals surface area contributed by atoms with Crippen molar-refractivity contribution >= 4 is 0 Å². The number of methoxy groups -OCH3 is 1. The van der Waals surface area contributed by atoms with Crippen molar-refractivity contribution in [2.24, 2.45) is 5.73 Å². The molecule has 4 nitrogen and oxygen atoms in total. The molecule has 0 aromatic carbocycles. The number of hydrogen-bond donors (Lipinski definition) is 1. The minimum absolute atomic E-state index is 0.587. The molecule has 4 heteroatoms. The molecule has 1 rings (SSSR count). The highest BCUT2D eigenvalue weighted by atomic mass is 16.5. The van der Waals surface area contributed by atoms with E-state index in [9.17, 15) is 0 Å². The predicted molar refractivity (Wildman–Crippen MR) is 51.8 cm³/mol. The summed E-state index contributed by atoms with van der Waals surface area (Å²) < 4.78 is 6.98. The smallest absolute Gasteiger partial charge is 0.211 e. The highest BCUT2D eigenvalue weighted by Crippen LogP contribution is 2.13. The number of hydrogen-bond acceptors (Lipinski definition) is 3. The van der Waals surface area contributed by atoms with Gasteiger partial charge in [-0.1, -0.05) is 13.3 Å². The van der Waals surface area contributed by atoms with Crippen molar-refractivity contribution in [2.75, 3.05) is 13.7 Å². The second-order valence-corrected chi connectivity index (χ2v) is 2.94. The van der Waals surface area contributed by atoms with Crippen LogP contribution in [-0.4, -0.2) is 23.4 Å². The Labute approximate surface area is 78.7 Å². The highest BCUT2D eigenvalue weighted by Gasteiger charge is 2.05. The first-order valence-corrected chi connectivity index (χ1v) is 4.62. The lowest BCUT2D eigenvalue weighted by Crippen LogP contribution is -2.12.